The number of hydrogen-bond acceptors (Lipinski definition) is 6. The van der Waals surface area contributed by atoms with E-state index in [4.69, 9.17) is 11.3 Å². The number of hydrogen-bond donors (Lipinski definition) is 3. The molecule has 0 aliphatic heterocycles. The van der Waals surface area contributed by atoms with E-state index in [1.165, 1.54) is 13.0 Å². The molecule has 0 spiro atoms. The Hall–Kier alpha value is -2.35. The minimum absolute atomic E-state index is 0.00946. The SMILES string of the molecule is Cc1cc(C(O)C(O)CN=[N+]=[N-])c(N)cc1[N+](=O)[O-]. The molecule has 0 aromatic heterocycles. The van der Waals surface area contributed by atoms with Crippen LogP contribution in [0.4, 0.5) is 11.4 Å². The fraction of sp³-hybridized carbons (Fsp3) is 0.400. The zero-order valence-corrected chi connectivity index (χ0v) is 10.1. The largest absolute Gasteiger partial charge is 0.398 e. The molecular formula is C10H13N5O4. The molecule has 9 nitrogen and oxygen atoms in total. The van der Waals surface area contributed by atoms with Gasteiger partial charge in [0.2, 0.25) is 0 Å². The lowest BCUT2D eigenvalue weighted by Crippen LogP contribution is -2.22. The summed E-state index contributed by atoms with van der Waals surface area (Å²) in [4.78, 5) is 12.6. The molecule has 1 aromatic carbocycles. The van der Waals surface area contributed by atoms with Gasteiger partial charge in [-0.1, -0.05) is 5.11 Å². The summed E-state index contributed by atoms with van der Waals surface area (Å²) >= 11 is 0. The lowest BCUT2D eigenvalue weighted by Gasteiger charge is -2.18. The fourth-order valence-electron chi connectivity index (χ4n) is 1.62. The minimum Gasteiger partial charge on any atom is -0.398 e. The number of azide groups is 1. The predicted octanol–water partition coefficient (Wildman–Crippen LogP) is 1.19. The maximum absolute atomic E-state index is 10.7. The quantitative estimate of drug-likeness (QED) is 0.182. The van der Waals surface area contributed by atoms with Crippen molar-refractivity contribution in [3.63, 3.8) is 0 Å². The number of nitrogen functional groups attached to an aromatic ring is 1. The Balaban J connectivity index is 3.10. The predicted molar refractivity (Wildman–Crippen MR) is 67.2 cm³/mol. The summed E-state index contributed by atoms with van der Waals surface area (Å²) in [5.74, 6) is 0. The van der Waals surface area contributed by atoms with Crippen LogP contribution < -0.4 is 5.73 Å². The Labute approximate surface area is 108 Å². The van der Waals surface area contributed by atoms with E-state index in [-0.39, 0.29) is 23.5 Å². The number of nitro groups is 1. The van der Waals surface area contributed by atoms with Gasteiger partial charge in [0, 0.05) is 27.8 Å². The molecular weight excluding hydrogens is 254 g/mol. The van der Waals surface area contributed by atoms with E-state index in [0.717, 1.165) is 6.07 Å². The monoisotopic (exact) mass is 267 g/mol. The van der Waals surface area contributed by atoms with Gasteiger partial charge >= 0.3 is 0 Å². The van der Waals surface area contributed by atoms with Crippen molar-refractivity contribution in [2.24, 2.45) is 5.11 Å². The van der Waals surface area contributed by atoms with Gasteiger partial charge in [-0.25, -0.2) is 0 Å². The second kappa shape index (κ2) is 6.01. The number of aryl methyl sites for hydroxylation is 1. The number of benzene rings is 1. The van der Waals surface area contributed by atoms with Crippen molar-refractivity contribution < 1.29 is 15.1 Å². The van der Waals surface area contributed by atoms with Crippen molar-refractivity contribution in [2.75, 3.05) is 12.3 Å². The third-order valence-corrected chi connectivity index (χ3v) is 2.61. The highest BCUT2D eigenvalue weighted by molar-refractivity contribution is 5.58. The van der Waals surface area contributed by atoms with E-state index in [1.807, 2.05) is 0 Å². The summed E-state index contributed by atoms with van der Waals surface area (Å²) in [6, 6.07) is 2.45. The molecule has 0 fully saturated rings. The number of aliphatic hydroxyl groups is 2. The second-order valence-corrected chi connectivity index (χ2v) is 3.95. The van der Waals surface area contributed by atoms with E-state index >= 15 is 0 Å². The number of nitro benzene ring substituents is 1. The van der Waals surface area contributed by atoms with Gasteiger partial charge in [0.05, 0.1) is 17.6 Å². The number of rotatable bonds is 5. The van der Waals surface area contributed by atoms with Gasteiger partial charge in [-0.15, -0.1) is 0 Å². The summed E-state index contributed by atoms with van der Waals surface area (Å²) in [5, 5.41) is 33.3. The van der Waals surface area contributed by atoms with Crippen LogP contribution in [0.15, 0.2) is 17.2 Å². The van der Waals surface area contributed by atoms with Crippen molar-refractivity contribution in [1.29, 1.82) is 0 Å². The Kier molecular flexibility index (Phi) is 4.65. The normalized spacial score (nSPS) is 13.4. The van der Waals surface area contributed by atoms with Crippen molar-refractivity contribution in [3.8, 4) is 0 Å². The van der Waals surface area contributed by atoms with Gasteiger partial charge in [-0.3, -0.25) is 10.1 Å². The maximum Gasteiger partial charge on any atom is 0.274 e. The molecule has 102 valence electrons. The van der Waals surface area contributed by atoms with Crippen LogP contribution in [0.25, 0.3) is 10.4 Å². The molecule has 4 N–H and O–H groups in total. The van der Waals surface area contributed by atoms with Crippen molar-refractivity contribution in [3.05, 3.63) is 43.8 Å². The third kappa shape index (κ3) is 3.32. The van der Waals surface area contributed by atoms with E-state index in [0.29, 0.717) is 5.56 Å². The average Bonchev–Trinajstić information content (AvgIpc) is 2.36. The minimum atomic E-state index is -1.38. The molecule has 19 heavy (non-hydrogen) atoms. The van der Waals surface area contributed by atoms with Crippen LogP contribution in [0.5, 0.6) is 0 Å². The highest BCUT2D eigenvalue weighted by Crippen LogP contribution is 2.30. The zero-order valence-electron chi connectivity index (χ0n) is 10.1. The van der Waals surface area contributed by atoms with Gasteiger partial charge in [0.25, 0.3) is 5.69 Å². The topological polar surface area (TPSA) is 158 Å². The first-order valence-electron chi connectivity index (χ1n) is 5.30. The van der Waals surface area contributed by atoms with E-state index in [1.54, 1.807) is 0 Å². The molecule has 0 amide bonds. The standard InChI is InChI=1S/C10H13N5O4/c1-5-2-6(7(11)3-8(5)15(18)19)10(17)9(16)4-13-14-12/h2-3,9-10,16-17H,4,11H2,1H3. The third-order valence-electron chi connectivity index (χ3n) is 2.61. The number of nitrogens with zero attached hydrogens (tertiary/aromatic N) is 4. The van der Waals surface area contributed by atoms with Gasteiger partial charge in [-0.05, 0) is 18.5 Å². The highest BCUT2D eigenvalue weighted by atomic mass is 16.6. The molecule has 2 unspecified atom stereocenters. The van der Waals surface area contributed by atoms with Crippen LogP contribution in [-0.2, 0) is 0 Å². The van der Waals surface area contributed by atoms with Crippen LogP contribution in [-0.4, -0.2) is 27.8 Å². The Morgan fingerprint density at radius 3 is 2.74 bits per heavy atom. The van der Waals surface area contributed by atoms with Gasteiger partial charge < -0.3 is 15.9 Å². The molecule has 9 heteroatoms. The lowest BCUT2D eigenvalue weighted by molar-refractivity contribution is -0.385. The van der Waals surface area contributed by atoms with Gasteiger partial charge in [0.15, 0.2) is 0 Å². The zero-order chi connectivity index (χ0) is 14.6. The summed E-state index contributed by atoms with van der Waals surface area (Å²) in [7, 11) is 0. The summed E-state index contributed by atoms with van der Waals surface area (Å²) in [5.41, 5.74) is 14.0. The van der Waals surface area contributed by atoms with Crippen LogP contribution >= 0.6 is 0 Å². The Morgan fingerprint density at radius 1 is 1.58 bits per heavy atom. The first kappa shape index (κ1) is 14.7. The van der Waals surface area contributed by atoms with Gasteiger partial charge in [0.1, 0.15) is 6.10 Å². The van der Waals surface area contributed by atoms with Crippen LogP contribution in [0.3, 0.4) is 0 Å². The smallest absolute Gasteiger partial charge is 0.274 e. The molecule has 0 aliphatic rings. The molecule has 1 rings (SSSR count). The lowest BCUT2D eigenvalue weighted by atomic mass is 9.99. The Bertz CT molecular complexity index is 541. The van der Waals surface area contributed by atoms with E-state index < -0.39 is 17.1 Å². The van der Waals surface area contributed by atoms with Crippen LogP contribution in [0.1, 0.15) is 17.2 Å². The number of aliphatic hydroxyl groups excluding tert-OH is 2. The summed E-state index contributed by atoms with van der Waals surface area (Å²) in [6.07, 6.45) is -2.72. The number of nitrogens with two attached hydrogens (primary N) is 1. The second-order valence-electron chi connectivity index (χ2n) is 3.95. The fourth-order valence-corrected chi connectivity index (χ4v) is 1.62. The van der Waals surface area contributed by atoms with E-state index in [2.05, 4.69) is 10.0 Å². The number of anilines is 1. The first-order valence-corrected chi connectivity index (χ1v) is 5.30. The van der Waals surface area contributed by atoms with E-state index in [9.17, 15) is 20.3 Å². The first-order chi connectivity index (χ1) is 8.88. The van der Waals surface area contributed by atoms with Crippen molar-refractivity contribution >= 4 is 11.4 Å². The summed E-state index contributed by atoms with van der Waals surface area (Å²) in [6.45, 7) is 1.17. The van der Waals surface area contributed by atoms with Crippen LogP contribution in [0, 0.1) is 17.0 Å². The molecule has 0 aliphatic carbocycles. The molecule has 0 saturated carbocycles. The van der Waals surface area contributed by atoms with Gasteiger partial charge in [-0.2, -0.15) is 0 Å². The van der Waals surface area contributed by atoms with Crippen molar-refractivity contribution in [1.82, 2.24) is 0 Å². The summed E-state index contributed by atoms with van der Waals surface area (Å²) < 4.78 is 0. The molecule has 0 saturated heterocycles. The maximum atomic E-state index is 10.7. The molecule has 0 bridgehead atoms. The van der Waals surface area contributed by atoms with Crippen molar-refractivity contribution in [2.45, 2.75) is 19.1 Å². The molecule has 2 atom stereocenters. The average molecular weight is 267 g/mol. The molecule has 0 radical (unpaired) electrons. The molecule has 1 aromatic rings. The highest BCUT2D eigenvalue weighted by Gasteiger charge is 2.23. The molecule has 0 heterocycles. The van der Waals surface area contributed by atoms with Crippen LogP contribution in [0.2, 0.25) is 0 Å². The Morgan fingerprint density at radius 2 is 2.21 bits per heavy atom.